The number of amidine groups is 1. The predicted octanol–water partition coefficient (Wildman–Crippen LogP) is 2.62. The van der Waals surface area contributed by atoms with E-state index in [1.807, 2.05) is 13.0 Å². The Morgan fingerprint density at radius 1 is 0.897 bits per heavy atom. The van der Waals surface area contributed by atoms with Gasteiger partial charge >= 0.3 is 6.03 Å². The Bertz CT molecular complexity index is 1350. The van der Waals surface area contributed by atoms with Gasteiger partial charge in [0.2, 0.25) is 0 Å². The highest BCUT2D eigenvalue weighted by Crippen LogP contribution is 2.16. The van der Waals surface area contributed by atoms with Gasteiger partial charge in [-0.15, -0.1) is 4.40 Å². The van der Waals surface area contributed by atoms with Crippen molar-refractivity contribution < 1.29 is 13.2 Å². The number of amides is 2. The molecule has 0 spiro atoms. The second-order valence-electron chi connectivity index (χ2n) is 6.43. The number of nitrogens with one attached hydrogen (secondary N) is 1. The van der Waals surface area contributed by atoms with E-state index in [4.69, 9.17) is 0 Å². The molecule has 29 heavy (non-hydrogen) atoms. The Hall–Kier alpha value is -3.65. The minimum Gasteiger partial charge on any atom is -0.339 e. The summed E-state index contributed by atoms with van der Waals surface area (Å²) in [5.74, 6) is 0.160. The van der Waals surface area contributed by atoms with E-state index in [1.54, 1.807) is 54.6 Å². The van der Waals surface area contributed by atoms with E-state index in [0.717, 1.165) is 5.56 Å². The van der Waals surface area contributed by atoms with Gasteiger partial charge in [0, 0.05) is 11.3 Å². The van der Waals surface area contributed by atoms with Crippen LogP contribution in [0.5, 0.6) is 0 Å². The largest absolute Gasteiger partial charge is 0.368 e. The zero-order chi connectivity index (χ0) is 20.4. The van der Waals surface area contributed by atoms with Gasteiger partial charge in [0.25, 0.3) is 10.0 Å². The molecule has 0 saturated carbocycles. The molecule has 144 valence electrons. The zero-order valence-electron chi connectivity index (χ0n) is 15.4. The number of aryl methyl sites for hydroxylation is 1. The number of rotatable bonds is 4. The van der Waals surface area contributed by atoms with Gasteiger partial charge in [0.15, 0.2) is 5.84 Å². The number of anilines is 1. The number of sulfonamides is 1. The Balaban J connectivity index is 1.77. The molecule has 8 heteroatoms. The second kappa shape index (κ2) is 7.40. The molecule has 0 radical (unpaired) electrons. The molecular weight excluding hydrogens is 388 g/mol. The van der Waals surface area contributed by atoms with E-state index in [1.165, 1.54) is 12.1 Å². The van der Waals surface area contributed by atoms with Crippen molar-refractivity contribution in [1.29, 1.82) is 0 Å². The van der Waals surface area contributed by atoms with Crippen LogP contribution in [0.1, 0.15) is 11.1 Å². The summed E-state index contributed by atoms with van der Waals surface area (Å²) >= 11 is 0. The smallest absolute Gasteiger partial charge is 0.339 e. The van der Waals surface area contributed by atoms with Crippen LogP contribution in [-0.4, -0.2) is 20.3 Å². The van der Waals surface area contributed by atoms with Crippen LogP contribution in [0.25, 0.3) is 0 Å². The summed E-state index contributed by atoms with van der Waals surface area (Å²) in [6, 6.07) is 19.8. The van der Waals surface area contributed by atoms with Gasteiger partial charge in [0.05, 0.1) is 15.6 Å². The third kappa shape index (κ3) is 4.12. The normalized spacial score (nSPS) is 13.4. The molecule has 2 amide bonds. The highest BCUT2D eigenvalue weighted by atomic mass is 32.2. The highest BCUT2D eigenvalue weighted by Gasteiger charge is 2.16. The van der Waals surface area contributed by atoms with E-state index in [0.29, 0.717) is 22.0 Å². The summed E-state index contributed by atoms with van der Waals surface area (Å²) in [6.45, 7) is 1.88. The monoisotopic (exact) mass is 404 g/mol. The molecule has 3 aromatic rings. The van der Waals surface area contributed by atoms with Gasteiger partial charge in [-0.25, -0.2) is 4.79 Å². The first-order valence-corrected chi connectivity index (χ1v) is 10.2. The van der Waals surface area contributed by atoms with Crippen molar-refractivity contribution >= 4 is 27.6 Å². The molecule has 0 aromatic heterocycles. The lowest BCUT2D eigenvalue weighted by Crippen LogP contribution is -2.23. The molecule has 0 unspecified atom stereocenters. The van der Waals surface area contributed by atoms with E-state index in [-0.39, 0.29) is 10.7 Å². The van der Waals surface area contributed by atoms with E-state index >= 15 is 0 Å². The fraction of sp³-hybridized carbons (Fsp3) is 0.0476. The number of hydrogen-bond donors (Lipinski definition) is 1. The van der Waals surface area contributed by atoms with Gasteiger partial charge in [-0.05, 0) is 37.3 Å². The minimum atomic E-state index is -3.94. The summed E-state index contributed by atoms with van der Waals surface area (Å²) in [5.41, 5.74) is 2.09. The van der Waals surface area contributed by atoms with Crippen LogP contribution in [0.4, 0.5) is 10.5 Å². The molecule has 0 saturated heterocycles. The van der Waals surface area contributed by atoms with Crippen LogP contribution in [0, 0.1) is 6.92 Å². The molecule has 1 heterocycles. The van der Waals surface area contributed by atoms with Gasteiger partial charge in [-0.2, -0.15) is 18.4 Å². The van der Waals surface area contributed by atoms with Crippen LogP contribution in [-0.2, 0) is 10.0 Å². The first-order valence-electron chi connectivity index (χ1n) is 8.76. The number of benzene rings is 3. The average Bonchev–Trinajstić information content (AvgIpc) is 3.07. The lowest BCUT2D eigenvalue weighted by Gasteiger charge is -2.10. The third-order valence-corrected chi connectivity index (χ3v) is 5.54. The number of fused-ring (bicyclic) bond motifs is 1. The summed E-state index contributed by atoms with van der Waals surface area (Å²) < 4.78 is 29.7. The third-order valence-electron chi connectivity index (χ3n) is 4.25. The SMILES string of the molecule is Cc1ccc(S(=O)(=O)/N=C(/Nc2ccc3c(c2)=NC(=O)N=3)c2ccccc2)cc1. The molecule has 7 nitrogen and oxygen atoms in total. The first kappa shape index (κ1) is 18.7. The lowest BCUT2D eigenvalue weighted by molar-refractivity contribution is 0.256. The Morgan fingerprint density at radius 2 is 1.59 bits per heavy atom. The van der Waals surface area contributed by atoms with Crippen molar-refractivity contribution in [2.75, 3.05) is 5.32 Å². The van der Waals surface area contributed by atoms with Crippen LogP contribution < -0.4 is 16.0 Å². The van der Waals surface area contributed by atoms with Crippen molar-refractivity contribution in [3.8, 4) is 0 Å². The predicted molar refractivity (Wildman–Crippen MR) is 109 cm³/mol. The van der Waals surface area contributed by atoms with Crippen LogP contribution in [0.3, 0.4) is 0 Å². The highest BCUT2D eigenvalue weighted by molar-refractivity contribution is 7.90. The Kier molecular flexibility index (Phi) is 4.77. The topological polar surface area (TPSA) is 100 Å². The molecule has 0 aliphatic carbocycles. The second-order valence-corrected chi connectivity index (χ2v) is 8.03. The summed E-state index contributed by atoms with van der Waals surface area (Å²) in [7, 11) is -3.94. The summed E-state index contributed by atoms with van der Waals surface area (Å²) in [5, 5.41) is 3.94. The molecule has 0 atom stereocenters. The quantitative estimate of drug-likeness (QED) is 0.534. The maximum atomic E-state index is 12.8. The molecule has 1 aliphatic heterocycles. The number of carbonyl (C=O) groups is 1. The van der Waals surface area contributed by atoms with E-state index < -0.39 is 16.1 Å². The van der Waals surface area contributed by atoms with E-state index in [9.17, 15) is 13.2 Å². The van der Waals surface area contributed by atoms with Gasteiger partial charge in [-0.3, -0.25) is 0 Å². The van der Waals surface area contributed by atoms with E-state index in [2.05, 4.69) is 19.7 Å². The average molecular weight is 404 g/mol. The fourth-order valence-corrected chi connectivity index (χ4v) is 3.76. The first-order chi connectivity index (χ1) is 13.9. The molecule has 3 aromatic carbocycles. The number of hydrogen-bond acceptors (Lipinski definition) is 3. The lowest BCUT2D eigenvalue weighted by atomic mass is 10.2. The van der Waals surface area contributed by atoms with Gasteiger partial charge < -0.3 is 5.32 Å². The van der Waals surface area contributed by atoms with Crippen molar-refractivity contribution in [2.45, 2.75) is 11.8 Å². The molecule has 0 bridgehead atoms. The summed E-state index contributed by atoms with van der Waals surface area (Å²) in [6.07, 6.45) is 0. The maximum Gasteiger partial charge on any atom is 0.368 e. The van der Waals surface area contributed by atoms with Crippen LogP contribution in [0.2, 0.25) is 0 Å². The van der Waals surface area contributed by atoms with Crippen molar-refractivity contribution in [2.24, 2.45) is 14.4 Å². The molecule has 1 N–H and O–H groups in total. The fourth-order valence-electron chi connectivity index (χ4n) is 2.78. The molecule has 0 fully saturated rings. The number of urea groups is 1. The number of nitrogens with zero attached hydrogens (tertiary/aromatic N) is 3. The number of carbonyl (C=O) groups excluding carboxylic acids is 1. The maximum absolute atomic E-state index is 12.8. The van der Waals surface area contributed by atoms with Crippen molar-refractivity contribution in [3.05, 3.63) is 94.6 Å². The van der Waals surface area contributed by atoms with Crippen LogP contribution in [0.15, 0.2) is 92.1 Å². The van der Waals surface area contributed by atoms with Crippen LogP contribution >= 0.6 is 0 Å². The molecule has 1 aliphatic rings. The van der Waals surface area contributed by atoms with Crippen molar-refractivity contribution in [3.63, 3.8) is 0 Å². The Labute approximate surface area is 167 Å². The summed E-state index contributed by atoms with van der Waals surface area (Å²) in [4.78, 5) is 19.1. The van der Waals surface area contributed by atoms with Gasteiger partial charge in [0.1, 0.15) is 0 Å². The molecular formula is C21H16N4O3S. The zero-order valence-corrected chi connectivity index (χ0v) is 16.2. The standard InChI is InChI=1S/C21H16N4O3S/c1-14-7-10-17(11-8-14)29(27,28)25-20(15-5-3-2-4-6-15)22-16-9-12-18-19(13-16)24-21(26)23-18/h2-13H,1H3,(H,22,25). The molecule has 4 rings (SSSR count). The van der Waals surface area contributed by atoms with Crippen molar-refractivity contribution in [1.82, 2.24) is 0 Å². The van der Waals surface area contributed by atoms with Gasteiger partial charge in [-0.1, -0.05) is 48.0 Å². The minimum absolute atomic E-state index is 0.103. The Morgan fingerprint density at radius 3 is 2.31 bits per heavy atom.